The molecule has 2 nitrogen and oxygen atoms in total. The van der Waals surface area contributed by atoms with Crippen LogP contribution in [0.25, 0.3) is 55.6 Å². The van der Waals surface area contributed by atoms with Gasteiger partial charge in [-0.2, -0.15) is 0 Å². The predicted molar refractivity (Wildman–Crippen MR) is 227 cm³/mol. The lowest BCUT2D eigenvalue weighted by molar-refractivity contribution is 0.417. The normalized spacial score (nSPS) is 12.5. The van der Waals surface area contributed by atoms with Crippen LogP contribution in [0.2, 0.25) is 0 Å². The molecule has 0 aromatic heterocycles. The first-order valence-corrected chi connectivity index (χ1v) is 18.6. The van der Waals surface area contributed by atoms with E-state index in [4.69, 9.17) is 4.74 Å². The summed E-state index contributed by atoms with van der Waals surface area (Å²) in [5, 5.41) is 0. The van der Waals surface area contributed by atoms with Crippen LogP contribution < -0.4 is 9.64 Å². The van der Waals surface area contributed by atoms with Crippen LogP contribution in [0.3, 0.4) is 0 Å². The Labute approximate surface area is 318 Å². The summed E-state index contributed by atoms with van der Waals surface area (Å²) in [7, 11) is 1.80. The number of rotatable bonds is 8. The lowest BCUT2D eigenvalue weighted by atomic mass is 9.82. The number of nitrogens with zero attached hydrogens (tertiary/aromatic N) is 1. The van der Waals surface area contributed by atoms with Gasteiger partial charge in [0.25, 0.3) is 0 Å². The van der Waals surface area contributed by atoms with E-state index in [9.17, 15) is 0 Å². The Kier molecular flexibility index (Phi) is 8.44. The number of ether oxygens (including phenoxy) is 1. The summed E-state index contributed by atoms with van der Waals surface area (Å²) in [4.78, 5) is 2.33. The maximum atomic E-state index is 6.22. The van der Waals surface area contributed by atoms with Crippen molar-refractivity contribution in [1.29, 1.82) is 0 Å². The molecule has 0 saturated carbocycles. The van der Waals surface area contributed by atoms with Crippen molar-refractivity contribution in [3.05, 3.63) is 205 Å². The molecule has 8 aromatic carbocycles. The zero-order valence-corrected chi connectivity index (χ0v) is 30.8. The molecule has 8 aromatic rings. The molecule has 0 N–H and O–H groups in total. The molecule has 0 heterocycles. The highest BCUT2D eigenvalue weighted by Gasteiger charge is 2.37. The fourth-order valence-corrected chi connectivity index (χ4v) is 8.19. The van der Waals surface area contributed by atoms with E-state index in [1.165, 1.54) is 44.5 Å². The minimum Gasteiger partial charge on any atom is -0.495 e. The summed E-state index contributed by atoms with van der Waals surface area (Å²) in [5.41, 5.74) is 17.7. The zero-order valence-electron chi connectivity index (χ0n) is 30.8. The molecular weight excluding hydrogens is 655 g/mol. The molecule has 2 heteroatoms. The first-order chi connectivity index (χ1) is 26.5. The van der Waals surface area contributed by atoms with E-state index in [1.54, 1.807) is 7.11 Å². The molecule has 260 valence electrons. The smallest absolute Gasteiger partial charge is 0.134 e. The van der Waals surface area contributed by atoms with Gasteiger partial charge in [-0.05, 0) is 98.1 Å². The molecule has 54 heavy (non-hydrogen) atoms. The third-order valence-electron chi connectivity index (χ3n) is 11.0. The van der Waals surface area contributed by atoms with Gasteiger partial charge in [0.1, 0.15) is 5.75 Å². The topological polar surface area (TPSA) is 12.5 Å². The minimum atomic E-state index is -0.0803. The number of hydrogen-bond acceptors (Lipinski definition) is 2. The first kappa shape index (κ1) is 33.2. The Balaban J connectivity index is 1.07. The highest BCUT2D eigenvalue weighted by atomic mass is 16.5. The molecule has 0 amide bonds. The molecule has 1 aliphatic carbocycles. The molecule has 0 saturated heterocycles. The van der Waals surface area contributed by atoms with E-state index in [0.717, 1.165) is 45.1 Å². The van der Waals surface area contributed by atoms with Crippen molar-refractivity contribution in [3.63, 3.8) is 0 Å². The van der Waals surface area contributed by atoms with Gasteiger partial charge >= 0.3 is 0 Å². The number of benzene rings is 8. The molecule has 0 bridgehead atoms. The van der Waals surface area contributed by atoms with Gasteiger partial charge < -0.3 is 9.64 Å². The summed E-state index contributed by atoms with van der Waals surface area (Å²) in [6, 6.07) is 69.8. The van der Waals surface area contributed by atoms with Gasteiger partial charge in [-0.3, -0.25) is 0 Å². The van der Waals surface area contributed by atoms with Crippen LogP contribution in [0.5, 0.6) is 5.75 Å². The average molecular weight is 696 g/mol. The van der Waals surface area contributed by atoms with Crippen LogP contribution in [0.15, 0.2) is 194 Å². The van der Waals surface area contributed by atoms with Gasteiger partial charge in [0, 0.05) is 33.6 Å². The Bertz CT molecular complexity index is 2490. The number of methoxy groups -OCH3 is 1. The second-order valence-electron chi connectivity index (χ2n) is 14.5. The monoisotopic (exact) mass is 695 g/mol. The third-order valence-corrected chi connectivity index (χ3v) is 11.0. The zero-order chi connectivity index (χ0) is 36.6. The van der Waals surface area contributed by atoms with E-state index in [2.05, 4.69) is 213 Å². The summed E-state index contributed by atoms with van der Waals surface area (Å²) < 4.78 is 6.22. The number of hydrogen-bond donors (Lipinski definition) is 0. The van der Waals surface area contributed by atoms with Crippen LogP contribution in [0.1, 0.15) is 25.0 Å². The van der Waals surface area contributed by atoms with Crippen molar-refractivity contribution in [1.82, 2.24) is 0 Å². The van der Waals surface area contributed by atoms with Crippen molar-refractivity contribution >= 4 is 17.1 Å². The number of anilines is 3. The van der Waals surface area contributed by atoms with Crippen LogP contribution in [0, 0.1) is 0 Å². The Morgan fingerprint density at radius 1 is 0.370 bits per heavy atom. The highest BCUT2D eigenvalue weighted by Crippen LogP contribution is 2.54. The second kappa shape index (κ2) is 13.7. The van der Waals surface area contributed by atoms with Crippen molar-refractivity contribution in [2.45, 2.75) is 19.3 Å². The van der Waals surface area contributed by atoms with Crippen molar-refractivity contribution in [3.8, 4) is 61.4 Å². The van der Waals surface area contributed by atoms with Crippen LogP contribution in [-0.4, -0.2) is 7.11 Å². The van der Waals surface area contributed by atoms with Crippen LogP contribution >= 0.6 is 0 Å². The van der Waals surface area contributed by atoms with E-state index in [0.29, 0.717) is 0 Å². The van der Waals surface area contributed by atoms with Crippen molar-refractivity contribution in [2.75, 3.05) is 12.0 Å². The Morgan fingerprint density at radius 3 is 1.35 bits per heavy atom. The molecule has 9 rings (SSSR count). The fourth-order valence-electron chi connectivity index (χ4n) is 8.19. The van der Waals surface area contributed by atoms with Gasteiger partial charge in [-0.1, -0.05) is 166 Å². The summed E-state index contributed by atoms with van der Waals surface area (Å²) in [5.74, 6) is 0.935. The van der Waals surface area contributed by atoms with E-state index in [-0.39, 0.29) is 5.41 Å². The lowest BCUT2D eigenvalue weighted by Crippen LogP contribution is -2.14. The van der Waals surface area contributed by atoms with Crippen molar-refractivity contribution in [2.24, 2.45) is 0 Å². The van der Waals surface area contributed by atoms with Crippen LogP contribution in [0.4, 0.5) is 17.1 Å². The van der Waals surface area contributed by atoms with Crippen molar-refractivity contribution < 1.29 is 4.74 Å². The SMILES string of the molecule is COc1c(-c2cccc(-c3ccc(N(c4ccc(-c5ccccc5)cc4)c4ccc(-c5ccccc5)cc4)cc3)c2)ccc2c1-c1ccccc1C2(C)C. The minimum absolute atomic E-state index is 0.0803. The average Bonchev–Trinajstić information content (AvgIpc) is 3.48. The van der Waals surface area contributed by atoms with Gasteiger partial charge in [0.2, 0.25) is 0 Å². The van der Waals surface area contributed by atoms with Gasteiger partial charge in [-0.15, -0.1) is 0 Å². The molecule has 0 fully saturated rings. The molecule has 0 radical (unpaired) electrons. The lowest BCUT2D eigenvalue weighted by Gasteiger charge is -2.26. The molecule has 0 spiro atoms. The van der Waals surface area contributed by atoms with Gasteiger partial charge in [0.15, 0.2) is 0 Å². The van der Waals surface area contributed by atoms with Gasteiger partial charge in [0.05, 0.1) is 7.11 Å². The molecule has 0 atom stereocenters. The quantitative estimate of drug-likeness (QED) is 0.157. The third kappa shape index (κ3) is 5.87. The van der Waals surface area contributed by atoms with E-state index in [1.807, 2.05) is 0 Å². The molecule has 1 aliphatic rings. The maximum absolute atomic E-state index is 6.22. The molecule has 0 unspecified atom stereocenters. The first-order valence-electron chi connectivity index (χ1n) is 18.6. The standard InChI is InChI=1S/C52H41NO/c1-52(2)48-20-11-10-19-47(48)50-49(52)34-33-46(51(50)54-3)42-18-12-17-41(35-42)40-25-31-45(32-26-40)53(43-27-21-38(22-28-43)36-13-6-4-7-14-36)44-29-23-39(24-30-44)37-15-8-5-9-16-37/h4-35H,1-3H3. The van der Waals surface area contributed by atoms with Crippen LogP contribution in [-0.2, 0) is 5.41 Å². The Hall–Kier alpha value is -6.64. The predicted octanol–water partition coefficient (Wildman–Crippen LogP) is 14.1. The summed E-state index contributed by atoms with van der Waals surface area (Å²) in [6.07, 6.45) is 0. The summed E-state index contributed by atoms with van der Waals surface area (Å²) >= 11 is 0. The summed E-state index contributed by atoms with van der Waals surface area (Å²) in [6.45, 7) is 4.61. The largest absolute Gasteiger partial charge is 0.495 e. The maximum Gasteiger partial charge on any atom is 0.134 e. The Morgan fingerprint density at radius 2 is 0.815 bits per heavy atom. The number of fused-ring (bicyclic) bond motifs is 3. The highest BCUT2D eigenvalue weighted by molar-refractivity contribution is 5.92. The van der Waals surface area contributed by atoms with Gasteiger partial charge in [-0.25, -0.2) is 0 Å². The van der Waals surface area contributed by atoms with E-state index < -0.39 is 0 Å². The molecule has 0 aliphatic heterocycles. The second-order valence-corrected chi connectivity index (χ2v) is 14.5. The molecular formula is C52H41NO. The van der Waals surface area contributed by atoms with E-state index >= 15 is 0 Å². The fraction of sp³-hybridized carbons (Fsp3) is 0.0769.